The van der Waals surface area contributed by atoms with Gasteiger partial charge in [-0.05, 0) is 6.07 Å². The maximum Gasteiger partial charge on any atom is 0.299 e. The third kappa shape index (κ3) is 1.11. The van der Waals surface area contributed by atoms with Crippen molar-refractivity contribution in [3.05, 3.63) is 47.3 Å². The van der Waals surface area contributed by atoms with Gasteiger partial charge in [-0.15, -0.1) is 0 Å². The first-order valence-corrected chi connectivity index (χ1v) is 6.08. The van der Waals surface area contributed by atoms with Gasteiger partial charge < -0.3 is 0 Å². The fourth-order valence-corrected chi connectivity index (χ4v) is 2.85. The molecule has 0 aliphatic carbocycles. The van der Waals surface area contributed by atoms with E-state index in [9.17, 15) is 14.8 Å². The average molecular weight is 270 g/mol. The molecular formula is C13H10N4O3. The summed E-state index contributed by atoms with van der Waals surface area (Å²) < 4.78 is 1.35. The van der Waals surface area contributed by atoms with E-state index in [2.05, 4.69) is 5.10 Å². The van der Waals surface area contributed by atoms with Gasteiger partial charge in [0.1, 0.15) is 0 Å². The lowest BCUT2D eigenvalue weighted by molar-refractivity contribution is -0.0908. The Labute approximate surface area is 113 Å². The van der Waals surface area contributed by atoms with Gasteiger partial charge in [-0.2, -0.15) is 10.2 Å². The van der Waals surface area contributed by atoms with Crippen molar-refractivity contribution >= 4 is 17.5 Å². The van der Waals surface area contributed by atoms with E-state index in [4.69, 9.17) is 0 Å². The number of rotatable bonds is 0. The van der Waals surface area contributed by atoms with E-state index in [0.29, 0.717) is 21.9 Å². The molecule has 4 rings (SSSR count). The molecule has 20 heavy (non-hydrogen) atoms. The predicted molar refractivity (Wildman–Crippen MR) is 67.2 cm³/mol. The van der Waals surface area contributed by atoms with Gasteiger partial charge in [0.15, 0.2) is 11.9 Å². The Morgan fingerprint density at radius 3 is 2.75 bits per heavy atom. The van der Waals surface area contributed by atoms with Gasteiger partial charge in [0.05, 0.1) is 11.9 Å². The minimum Gasteiger partial charge on any atom is -0.283 e. The number of hydrogen-bond donors (Lipinski definition) is 1. The van der Waals surface area contributed by atoms with Gasteiger partial charge >= 0.3 is 0 Å². The van der Waals surface area contributed by atoms with Crippen molar-refractivity contribution < 1.29 is 14.8 Å². The van der Waals surface area contributed by atoms with Crippen LogP contribution in [0.25, 0.3) is 0 Å². The predicted octanol–water partition coefficient (Wildman–Crippen LogP) is 0.924. The Morgan fingerprint density at radius 1 is 1.20 bits per heavy atom. The van der Waals surface area contributed by atoms with E-state index in [1.807, 2.05) is 0 Å². The molecule has 0 spiro atoms. The zero-order valence-electron chi connectivity index (χ0n) is 10.5. The topological polar surface area (TPSA) is 78.7 Å². The number of fused-ring (bicyclic) bond motifs is 5. The molecule has 1 aromatic heterocycles. The quantitative estimate of drug-likeness (QED) is 0.722. The Bertz CT molecular complexity index is 767. The second kappa shape index (κ2) is 3.45. The summed E-state index contributed by atoms with van der Waals surface area (Å²) in [6, 6.07) is 6.94. The summed E-state index contributed by atoms with van der Waals surface area (Å²) in [7, 11) is 1.60. The van der Waals surface area contributed by atoms with E-state index in [1.165, 1.54) is 15.8 Å². The van der Waals surface area contributed by atoms with Crippen LogP contribution in [0, 0.1) is 0 Å². The normalized spacial score (nSPS) is 20.0. The molecule has 2 aliphatic heterocycles. The van der Waals surface area contributed by atoms with Crippen molar-refractivity contribution in [2.24, 2.45) is 7.05 Å². The van der Waals surface area contributed by atoms with Crippen LogP contribution in [0.15, 0.2) is 30.5 Å². The Balaban J connectivity index is 2.01. The lowest BCUT2D eigenvalue weighted by Crippen LogP contribution is -2.46. The number of carbonyl (C=O) groups excluding carboxylic acids is 2. The number of carbonyl (C=O) groups is 2. The number of benzene rings is 1. The largest absolute Gasteiger partial charge is 0.299 e. The second-order valence-electron chi connectivity index (χ2n) is 4.79. The molecule has 1 unspecified atom stereocenters. The van der Waals surface area contributed by atoms with Crippen LogP contribution < -0.4 is 4.90 Å². The molecule has 0 saturated carbocycles. The van der Waals surface area contributed by atoms with Gasteiger partial charge in [0, 0.05) is 18.2 Å². The molecule has 1 aromatic carbocycles. The van der Waals surface area contributed by atoms with Gasteiger partial charge in [0.25, 0.3) is 11.8 Å². The summed E-state index contributed by atoms with van der Waals surface area (Å²) in [6.07, 6.45) is 0.652. The molecule has 3 heterocycles. The molecule has 0 bridgehead atoms. The number of hydrogen-bond acceptors (Lipinski definition) is 4. The summed E-state index contributed by atoms with van der Waals surface area (Å²) in [5, 5.41) is 14.7. The first-order chi connectivity index (χ1) is 9.61. The van der Waals surface area contributed by atoms with E-state index in [-0.39, 0.29) is 11.6 Å². The van der Waals surface area contributed by atoms with Gasteiger partial charge in [-0.25, -0.2) is 0 Å². The van der Waals surface area contributed by atoms with Crippen molar-refractivity contribution in [3.63, 3.8) is 0 Å². The minimum absolute atomic E-state index is 0.199. The molecule has 0 radical (unpaired) electrons. The van der Waals surface area contributed by atoms with Crippen molar-refractivity contribution in [1.82, 2.24) is 14.8 Å². The maximum atomic E-state index is 12.5. The van der Waals surface area contributed by atoms with Crippen molar-refractivity contribution in [3.8, 4) is 0 Å². The zero-order chi connectivity index (χ0) is 14.0. The first kappa shape index (κ1) is 11.2. The monoisotopic (exact) mass is 270 g/mol. The zero-order valence-corrected chi connectivity index (χ0v) is 10.5. The molecular weight excluding hydrogens is 260 g/mol. The van der Waals surface area contributed by atoms with E-state index in [0.717, 1.165) is 0 Å². The number of anilines is 1. The van der Waals surface area contributed by atoms with Crippen LogP contribution in [-0.4, -0.2) is 31.9 Å². The van der Waals surface area contributed by atoms with Gasteiger partial charge in [-0.1, -0.05) is 18.2 Å². The number of amides is 2. The minimum atomic E-state index is -0.817. The van der Waals surface area contributed by atoms with E-state index in [1.54, 1.807) is 31.3 Å². The molecule has 2 amide bonds. The molecule has 2 aromatic rings. The molecule has 7 heteroatoms. The molecule has 0 saturated heterocycles. The molecule has 1 atom stereocenters. The fourth-order valence-electron chi connectivity index (χ4n) is 2.85. The van der Waals surface area contributed by atoms with E-state index >= 15 is 0 Å². The highest BCUT2D eigenvalue weighted by atomic mass is 16.5. The van der Waals surface area contributed by atoms with Crippen LogP contribution in [-0.2, 0) is 7.05 Å². The molecule has 0 fully saturated rings. The average Bonchev–Trinajstić information content (AvgIpc) is 2.96. The van der Waals surface area contributed by atoms with Crippen LogP contribution in [0.5, 0.6) is 0 Å². The van der Waals surface area contributed by atoms with Crippen molar-refractivity contribution in [1.29, 1.82) is 0 Å². The van der Waals surface area contributed by atoms with Crippen LogP contribution in [0.1, 0.15) is 32.6 Å². The Morgan fingerprint density at radius 2 is 1.95 bits per heavy atom. The Kier molecular flexibility index (Phi) is 1.93. The van der Waals surface area contributed by atoms with Gasteiger partial charge in [-0.3, -0.25) is 24.4 Å². The van der Waals surface area contributed by atoms with E-state index < -0.39 is 12.1 Å². The highest BCUT2D eigenvalue weighted by Crippen LogP contribution is 2.43. The summed E-state index contributed by atoms with van der Waals surface area (Å²) in [5.74, 6) is -0.808. The first-order valence-electron chi connectivity index (χ1n) is 6.08. The maximum absolute atomic E-state index is 12.5. The number of aryl methyl sites for hydroxylation is 1. The SMILES string of the molecule is Cn1ncc2c1C(=O)N(O)C1c3ccccc3C(=O)N21. The molecule has 100 valence electrons. The number of hydroxylamine groups is 2. The highest BCUT2D eigenvalue weighted by Gasteiger charge is 2.49. The third-order valence-electron chi connectivity index (χ3n) is 3.75. The third-order valence-corrected chi connectivity index (χ3v) is 3.75. The second-order valence-corrected chi connectivity index (χ2v) is 4.79. The van der Waals surface area contributed by atoms with Crippen molar-refractivity contribution in [2.75, 3.05) is 4.90 Å². The molecule has 7 nitrogen and oxygen atoms in total. The number of nitrogens with zero attached hydrogens (tertiary/aromatic N) is 4. The van der Waals surface area contributed by atoms with Crippen LogP contribution in [0.3, 0.4) is 0 Å². The van der Waals surface area contributed by atoms with Crippen LogP contribution in [0.2, 0.25) is 0 Å². The highest BCUT2D eigenvalue weighted by molar-refractivity contribution is 6.15. The van der Waals surface area contributed by atoms with Crippen LogP contribution in [0.4, 0.5) is 5.69 Å². The lowest BCUT2D eigenvalue weighted by Gasteiger charge is -2.35. The molecule has 2 aliphatic rings. The standard InChI is InChI=1S/C13H10N4O3/c1-15-10-9(6-14-15)16-11(17(20)13(10)19)7-4-2-3-5-8(7)12(16)18/h2-6,11,20H,1H3. The lowest BCUT2D eigenvalue weighted by atomic mass is 10.1. The number of aromatic nitrogens is 2. The Hall–Kier alpha value is -2.67. The summed E-state index contributed by atoms with van der Waals surface area (Å²) in [4.78, 5) is 26.1. The summed E-state index contributed by atoms with van der Waals surface area (Å²) in [6.45, 7) is 0. The van der Waals surface area contributed by atoms with Crippen LogP contribution >= 0.6 is 0 Å². The summed E-state index contributed by atoms with van der Waals surface area (Å²) >= 11 is 0. The smallest absolute Gasteiger partial charge is 0.283 e. The van der Waals surface area contributed by atoms with Crippen molar-refractivity contribution in [2.45, 2.75) is 6.17 Å². The summed E-state index contributed by atoms with van der Waals surface area (Å²) in [5.41, 5.74) is 1.72. The van der Waals surface area contributed by atoms with Gasteiger partial charge in [0.2, 0.25) is 0 Å². The molecule has 1 N–H and O–H groups in total. The fraction of sp³-hybridized carbons (Fsp3) is 0.154.